The molecule has 0 saturated carbocycles. The van der Waals surface area contributed by atoms with Gasteiger partial charge in [-0.3, -0.25) is 0 Å². The molecular weight excluding hydrogens is 250 g/mol. The summed E-state index contributed by atoms with van der Waals surface area (Å²) in [6.07, 6.45) is 0. The number of ether oxygens (including phenoxy) is 1. The summed E-state index contributed by atoms with van der Waals surface area (Å²) in [6.45, 7) is 8.15. The van der Waals surface area contributed by atoms with Crippen LogP contribution in [0.2, 0.25) is 0 Å². The van der Waals surface area contributed by atoms with Gasteiger partial charge in [0.05, 0.1) is 12.1 Å². The lowest BCUT2D eigenvalue weighted by molar-refractivity contribution is 0.0521. The largest absolute Gasteiger partial charge is 0.461 e. The summed E-state index contributed by atoms with van der Waals surface area (Å²) >= 11 is 1.42. The number of aromatic nitrogens is 1. The third-order valence-electron chi connectivity index (χ3n) is 2.67. The number of nitrogens with one attached hydrogen (secondary N) is 1. The Bertz CT molecular complexity index is 379. The Hall–Kier alpha value is -1.14. The van der Waals surface area contributed by atoms with Gasteiger partial charge in [0.15, 0.2) is 5.69 Å². The molecule has 0 aliphatic rings. The summed E-state index contributed by atoms with van der Waals surface area (Å²) in [5.41, 5.74) is 2.04. The van der Waals surface area contributed by atoms with Crippen molar-refractivity contribution in [1.29, 1.82) is 0 Å². The van der Waals surface area contributed by atoms with Crippen molar-refractivity contribution in [3.05, 3.63) is 11.2 Å². The first kappa shape index (κ1) is 14.9. The molecule has 0 aromatic carbocycles. The van der Waals surface area contributed by atoms with E-state index in [2.05, 4.69) is 36.1 Å². The van der Waals surface area contributed by atoms with Crippen molar-refractivity contribution in [3.8, 4) is 0 Å². The van der Waals surface area contributed by atoms with Crippen molar-refractivity contribution in [3.63, 3.8) is 0 Å². The molecule has 0 bridgehead atoms. The number of anilines is 1. The summed E-state index contributed by atoms with van der Waals surface area (Å²) in [5.74, 6) is -0.363. The van der Waals surface area contributed by atoms with Gasteiger partial charge in [-0.05, 0) is 27.8 Å². The van der Waals surface area contributed by atoms with E-state index in [1.165, 1.54) is 11.3 Å². The zero-order chi connectivity index (χ0) is 13.5. The van der Waals surface area contributed by atoms with Gasteiger partial charge in [-0.15, -0.1) is 11.3 Å². The summed E-state index contributed by atoms with van der Waals surface area (Å²) in [7, 11) is 2.07. The van der Waals surface area contributed by atoms with Gasteiger partial charge in [0.2, 0.25) is 0 Å². The third-order valence-corrected chi connectivity index (χ3v) is 3.45. The van der Waals surface area contributed by atoms with Gasteiger partial charge >= 0.3 is 5.97 Å². The van der Waals surface area contributed by atoms with E-state index >= 15 is 0 Å². The number of thiazole rings is 1. The predicted molar refractivity (Wildman–Crippen MR) is 74.3 cm³/mol. The van der Waals surface area contributed by atoms with Gasteiger partial charge in [0, 0.05) is 19.1 Å². The second-order valence-electron chi connectivity index (χ2n) is 4.25. The average molecular weight is 271 g/mol. The molecule has 0 amide bonds. The van der Waals surface area contributed by atoms with E-state index in [4.69, 9.17) is 4.74 Å². The Morgan fingerprint density at radius 1 is 1.61 bits per heavy atom. The maximum Gasteiger partial charge on any atom is 0.360 e. The van der Waals surface area contributed by atoms with E-state index in [1.807, 2.05) is 0 Å². The predicted octanol–water partition coefficient (Wildman–Crippen LogP) is 2.07. The standard InChI is InChI=1S/C12H21N3O2S/c1-5-17-12(16)10-11(18-8-14-10)13-6-7-15(4)9(2)3/h8-9,13H,5-7H2,1-4H3. The molecule has 1 aromatic rings. The highest BCUT2D eigenvalue weighted by Crippen LogP contribution is 2.20. The number of hydrogen-bond acceptors (Lipinski definition) is 6. The minimum Gasteiger partial charge on any atom is -0.461 e. The van der Waals surface area contributed by atoms with E-state index in [-0.39, 0.29) is 5.97 Å². The number of esters is 1. The molecule has 0 aliphatic carbocycles. The summed E-state index contributed by atoms with van der Waals surface area (Å²) in [4.78, 5) is 17.9. The Kier molecular flexibility index (Phi) is 6.07. The number of nitrogens with zero attached hydrogens (tertiary/aromatic N) is 2. The lowest BCUT2D eigenvalue weighted by atomic mass is 10.3. The molecule has 1 heterocycles. The highest BCUT2D eigenvalue weighted by molar-refractivity contribution is 7.14. The van der Waals surface area contributed by atoms with Gasteiger partial charge < -0.3 is 15.0 Å². The van der Waals surface area contributed by atoms with Crippen molar-refractivity contribution in [1.82, 2.24) is 9.88 Å². The zero-order valence-corrected chi connectivity index (χ0v) is 12.2. The van der Waals surface area contributed by atoms with E-state index in [9.17, 15) is 4.79 Å². The van der Waals surface area contributed by atoms with Gasteiger partial charge in [0.25, 0.3) is 0 Å². The minimum absolute atomic E-state index is 0.363. The number of carbonyl (C=O) groups excluding carboxylic acids is 1. The Morgan fingerprint density at radius 2 is 2.33 bits per heavy atom. The fourth-order valence-electron chi connectivity index (χ4n) is 1.32. The van der Waals surface area contributed by atoms with Crippen LogP contribution in [0.5, 0.6) is 0 Å². The first-order valence-electron chi connectivity index (χ1n) is 6.11. The quantitative estimate of drug-likeness (QED) is 0.769. The van der Waals surface area contributed by atoms with E-state index < -0.39 is 0 Å². The molecular formula is C12H21N3O2S. The molecule has 0 aliphatic heterocycles. The maximum atomic E-state index is 11.6. The Balaban J connectivity index is 2.48. The van der Waals surface area contributed by atoms with E-state index in [0.717, 1.165) is 18.1 Å². The van der Waals surface area contributed by atoms with E-state index in [1.54, 1.807) is 12.4 Å². The minimum atomic E-state index is -0.363. The second-order valence-corrected chi connectivity index (χ2v) is 5.11. The van der Waals surface area contributed by atoms with Crippen LogP contribution in [0.25, 0.3) is 0 Å². The normalized spacial score (nSPS) is 11.0. The van der Waals surface area contributed by atoms with Gasteiger partial charge in [-0.2, -0.15) is 0 Å². The van der Waals surface area contributed by atoms with Crippen LogP contribution in [-0.2, 0) is 4.74 Å². The molecule has 1 aromatic heterocycles. The lowest BCUT2D eigenvalue weighted by Gasteiger charge is -2.20. The molecule has 0 unspecified atom stereocenters. The molecule has 5 nitrogen and oxygen atoms in total. The molecule has 1 N–H and O–H groups in total. The topological polar surface area (TPSA) is 54.5 Å². The molecule has 0 radical (unpaired) electrons. The second kappa shape index (κ2) is 7.33. The van der Waals surface area contributed by atoms with E-state index in [0.29, 0.717) is 18.3 Å². The highest BCUT2D eigenvalue weighted by atomic mass is 32.1. The van der Waals surface area contributed by atoms with Crippen molar-refractivity contribution in [2.45, 2.75) is 26.8 Å². The van der Waals surface area contributed by atoms with Crippen molar-refractivity contribution < 1.29 is 9.53 Å². The van der Waals surface area contributed by atoms with Crippen LogP contribution in [0.4, 0.5) is 5.00 Å². The van der Waals surface area contributed by atoms with Gasteiger partial charge in [0.1, 0.15) is 5.00 Å². The van der Waals surface area contributed by atoms with Gasteiger partial charge in [-0.25, -0.2) is 9.78 Å². The maximum absolute atomic E-state index is 11.6. The van der Waals surface area contributed by atoms with Crippen LogP contribution in [0.1, 0.15) is 31.3 Å². The number of carbonyl (C=O) groups is 1. The Morgan fingerprint density at radius 3 is 2.94 bits per heavy atom. The number of rotatable bonds is 7. The van der Waals surface area contributed by atoms with Crippen LogP contribution < -0.4 is 5.32 Å². The molecule has 102 valence electrons. The summed E-state index contributed by atoms with van der Waals surface area (Å²) in [5, 5.41) is 4.01. The fourth-order valence-corrected chi connectivity index (χ4v) is 2.02. The smallest absolute Gasteiger partial charge is 0.360 e. The van der Waals surface area contributed by atoms with Crippen LogP contribution in [0.15, 0.2) is 5.51 Å². The lowest BCUT2D eigenvalue weighted by Crippen LogP contribution is -2.31. The van der Waals surface area contributed by atoms with Crippen molar-refractivity contribution >= 4 is 22.3 Å². The van der Waals surface area contributed by atoms with Crippen LogP contribution in [-0.4, -0.2) is 48.6 Å². The highest BCUT2D eigenvalue weighted by Gasteiger charge is 2.15. The molecule has 0 atom stereocenters. The first-order chi connectivity index (χ1) is 8.56. The zero-order valence-electron chi connectivity index (χ0n) is 11.4. The molecule has 1 rings (SSSR count). The van der Waals surface area contributed by atoms with Crippen LogP contribution >= 0.6 is 11.3 Å². The molecule has 0 saturated heterocycles. The van der Waals surface area contributed by atoms with Gasteiger partial charge in [-0.1, -0.05) is 0 Å². The summed E-state index contributed by atoms with van der Waals surface area (Å²) < 4.78 is 4.95. The Labute approximate surface area is 112 Å². The summed E-state index contributed by atoms with van der Waals surface area (Å²) in [6, 6.07) is 0.512. The average Bonchev–Trinajstić information content (AvgIpc) is 2.77. The molecule has 18 heavy (non-hydrogen) atoms. The molecule has 6 heteroatoms. The van der Waals surface area contributed by atoms with Crippen molar-refractivity contribution in [2.24, 2.45) is 0 Å². The number of likely N-dealkylation sites (N-methyl/N-ethyl adjacent to an activating group) is 1. The third kappa shape index (κ3) is 4.27. The monoisotopic (exact) mass is 271 g/mol. The van der Waals surface area contributed by atoms with Crippen LogP contribution in [0.3, 0.4) is 0 Å². The number of hydrogen-bond donors (Lipinski definition) is 1. The fraction of sp³-hybridized carbons (Fsp3) is 0.667. The SMILES string of the molecule is CCOC(=O)c1ncsc1NCCN(C)C(C)C. The molecule has 0 fully saturated rings. The van der Waals surface area contributed by atoms with Crippen LogP contribution in [0, 0.1) is 0 Å². The first-order valence-corrected chi connectivity index (χ1v) is 6.99. The molecule has 0 spiro atoms. The van der Waals surface area contributed by atoms with Crippen molar-refractivity contribution in [2.75, 3.05) is 32.1 Å².